The Hall–Kier alpha value is -1.04. The Morgan fingerprint density at radius 3 is 2.56 bits per heavy atom. The lowest BCUT2D eigenvalue weighted by Gasteiger charge is -2.34. The molecular formula is C12H20N2O3S. The molecule has 0 aromatic rings. The van der Waals surface area contributed by atoms with Crippen molar-refractivity contribution in [1.82, 2.24) is 10.2 Å². The molecule has 0 aromatic heterocycles. The highest BCUT2D eigenvalue weighted by molar-refractivity contribution is 7.99. The smallest absolute Gasteiger partial charge is 0.277 e. The standard InChI is InChI=1S/C12H20N2O3S/c1-4-6-9-10(15)13-12(17)14(11(9)16)8(3)7-18-5-2/h8-9H,4-7H2,1-3H3,(H,13,15,17). The molecule has 102 valence electrons. The first-order chi connectivity index (χ1) is 8.52. The Balaban J connectivity index is 2.79. The number of barbiturate groups is 1. The van der Waals surface area contributed by atoms with Gasteiger partial charge in [-0.1, -0.05) is 20.3 Å². The number of carbonyl (C=O) groups excluding carboxylic acids is 3. The third kappa shape index (κ3) is 3.25. The fourth-order valence-electron chi connectivity index (χ4n) is 1.96. The number of imide groups is 2. The normalized spacial score (nSPS) is 22.1. The van der Waals surface area contributed by atoms with Crippen molar-refractivity contribution in [3.8, 4) is 0 Å². The van der Waals surface area contributed by atoms with Gasteiger partial charge in [-0.15, -0.1) is 0 Å². The number of rotatable bonds is 6. The van der Waals surface area contributed by atoms with Gasteiger partial charge >= 0.3 is 6.03 Å². The topological polar surface area (TPSA) is 66.5 Å². The highest BCUT2D eigenvalue weighted by Gasteiger charge is 2.41. The lowest BCUT2D eigenvalue weighted by Crippen LogP contribution is -2.60. The van der Waals surface area contributed by atoms with Crippen LogP contribution in [0.2, 0.25) is 0 Å². The van der Waals surface area contributed by atoms with Crippen LogP contribution in [0.25, 0.3) is 0 Å². The molecule has 6 heteroatoms. The van der Waals surface area contributed by atoms with Crippen molar-refractivity contribution in [3.63, 3.8) is 0 Å². The van der Waals surface area contributed by atoms with E-state index in [1.807, 2.05) is 20.8 Å². The molecule has 0 radical (unpaired) electrons. The molecule has 1 aliphatic heterocycles. The predicted molar refractivity (Wildman–Crippen MR) is 71.2 cm³/mol. The summed E-state index contributed by atoms with van der Waals surface area (Å²) in [5.41, 5.74) is 0. The molecular weight excluding hydrogens is 252 g/mol. The Morgan fingerprint density at radius 2 is 2.00 bits per heavy atom. The number of hydrogen-bond acceptors (Lipinski definition) is 4. The molecule has 0 aliphatic carbocycles. The van der Waals surface area contributed by atoms with E-state index in [0.29, 0.717) is 12.2 Å². The van der Waals surface area contributed by atoms with Crippen LogP contribution in [0.3, 0.4) is 0 Å². The second kappa shape index (κ2) is 6.78. The maximum absolute atomic E-state index is 12.2. The molecule has 2 atom stereocenters. The molecule has 1 saturated heterocycles. The molecule has 1 heterocycles. The van der Waals surface area contributed by atoms with E-state index < -0.39 is 17.9 Å². The van der Waals surface area contributed by atoms with Gasteiger partial charge in [0.15, 0.2) is 0 Å². The SMILES string of the molecule is CCCC1C(=O)NC(=O)N(C(C)CSCC)C1=O. The maximum Gasteiger partial charge on any atom is 0.331 e. The molecule has 2 unspecified atom stereocenters. The van der Waals surface area contributed by atoms with Crippen molar-refractivity contribution >= 4 is 29.6 Å². The largest absolute Gasteiger partial charge is 0.331 e. The third-order valence-corrected chi connectivity index (χ3v) is 4.01. The van der Waals surface area contributed by atoms with Crippen LogP contribution in [-0.4, -0.2) is 40.3 Å². The lowest BCUT2D eigenvalue weighted by molar-refractivity contribution is -0.143. The monoisotopic (exact) mass is 272 g/mol. The zero-order chi connectivity index (χ0) is 13.7. The van der Waals surface area contributed by atoms with Gasteiger partial charge in [-0.2, -0.15) is 11.8 Å². The van der Waals surface area contributed by atoms with E-state index in [1.54, 1.807) is 11.8 Å². The Morgan fingerprint density at radius 1 is 1.33 bits per heavy atom. The zero-order valence-corrected chi connectivity index (χ0v) is 11.9. The molecule has 0 saturated carbocycles. The molecule has 1 N–H and O–H groups in total. The number of hydrogen-bond donors (Lipinski definition) is 1. The van der Waals surface area contributed by atoms with Gasteiger partial charge in [-0.25, -0.2) is 4.79 Å². The quantitative estimate of drug-likeness (QED) is 0.746. The van der Waals surface area contributed by atoms with Crippen molar-refractivity contribution in [2.75, 3.05) is 11.5 Å². The minimum absolute atomic E-state index is 0.185. The first-order valence-electron chi connectivity index (χ1n) is 6.28. The molecule has 5 nitrogen and oxygen atoms in total. The minimum atomic E-state index is -0.707. The summed E-state index contributed by atoms with van der Waals surface area (Å²) in [6.07, 6.45) is 1.23. The summed E-state index contributed by atoms with van der Waals surface area (Å²) in [6.45, 7) is 5.77. The van der Waals surface area contributed by atoms with Gasteiger partial charge in [0.25, 0.3) is 0 Å². The lowest BCUT2D eigenvalue weighted by atomic mass is 9.98. The van der Waals surface area contributed by atoms with Gasteiger partial charge in [0.2, 0.25) is 11.8 Å². The first kappa shape index (κ1) is 15.0. The highest BCUT2D eigenvalue weighted by Crippen LogP contribution is 2.19. The van der Waals surface area contributed by atoms with E-state index in [4.69, 9.17) is 0 Å². The van der Waals surface area contributed by atoms with Gasteiger partial charge in [0.05, 0.1) is 0 Å². The second-order valence-electron chi connectivity index (χ2n) is 4.35. The van der Waals surface area contributed by atoms with Gasteiger partial charge in [0, 0.05) is 11.8 Å². The van der Waals surface area contributed by atoms with E-state index >= 15 is 0 Å². The van der Waals surface area contributed by atoms with Crippen LogP contribution in [0.5, 0.6) is 0 Å². The van der Waals surface area contributed by atoms with Crippen molar-refractivity contribution in [3.05, 3.63) is 0 Å². The number of carbonyl (C=O) groups is 3. The minimum Gasteiger partial charge on any atom is -0.277 e. The van der Waals surface area contributed by atoms with Gasteiger partial charge in [-0.05, 0) is 19.1 Å². The van der Waals surface area contributed by atoms with Crippen molar-refractivity contribution < 1.29 is 14.4 Å². The molecule has 0 spiro atoms. The first-order valence-corrected chi connectivity index (χ1v) is 7.44. The summed E-state index contributed by atoms with van der Waals surface area (Å²) in [5, 5.41) is 2.27. The molecule has 4 amide bonds. The average Bonchev–Trinajstić information content (AvgIpc) is 2.31. The summed E-state index contributed by atoms with van der Waals surface area (Å²) in [5.74, 6) is 0.114. The summed E-state index contributed by atoms with van der Waals surface area (Å²) in [7, 11) is 0. The van der Waals surface area contributed by atoms with E-state index in [9.17, 15) is 14.4 Å². The maximum atomic E-state index is 12.2. The van der Waals surface area contributed by atoms with E-state index in [0.717, 1.165) is 12.2 Å². The molecule has 0 aromatic carbocycles. The molecule has 18 heavy (non-hydrogen) atoms. The summed E-state index contributed by atoms with van der Waals surface area (Å²) in [4.78, 5) is 36.7. The number of thioether (sulfide) groups is 1. The number of nitrogens with one attached hydrogen (secondary N) is 1. The fourth-order valence-corrected chi connectivity index (χ4v) is 2.68. The summed E-state index contributed by atoms with van der Waals surface area (Å²) >= 11 is 1.67. The molecule has 1 fully saturated rings. The average molecular weight is 272 g/mol. The van der Waals surface area contributed by atoms with Crippen LogP contribution in [0.1, 0.15) is 33.6 Å². The van der Waals surface area contributed by atoms with E-state index in [1.165, 1.54) is 4.90 Å². The fraction of sp³-hybridized carbons (Fsp3) is 0.750. The Kier molecular flexibility index (Phi) is 5.65. The van der Waals surface area contributed by atoms with Crippen LogP contribution in [-0.2, 0) is 9.59 Å². The van der Waals surface area contributed by atoms with E-state index in [2.05, 4.69) is 5.32 Å². The molecule has 0 bridgehead atoms. The third-order valence-electron chi connectivity index (χ3n) is 2.88. The van der Waals surface area contributed by atoms with Crippen LogP contribution in [0.4, 0.5) is 4.79 Å². The van der Waals surface area contributed by atoms with Gasteiger partial charge in [-0.3, -0.25) is 19.8 Å². The zero-order valence-electron chi connectivity index (χ0n) is 11.1. The number of urea groups is 1. The second-order valence-corrected chi connectivity index (χ2v) is 5.67. The van der Waals surface area contributed by atoms with Gasteiger partial charge in [0.1, 0.15) is 5.92 Å². The van der Waals surface area contributed by atoms with Crippen LogP contribution < -0.4 is 5.32 Å². The number of nitrogens with zero attached hydrogens (tertiary/aromatic N) is 1. The number of amides is 4. The van der Waals surface area contributed by atoms with Crippen molar-refractivity contribution in [2.24, 2.45) is 5.92 Å². The molecule has 1 rings (SSSR count). The van der Waals surface area contributed by atoms with Crippen LogP contribution in [0.15, 0.2) is 0 Å². The predicted octanol–water partition coefficient (Wildman–Crippen LogP) is 1.62. The molecule has 1 aliphatic rings. The van der Waals surface area contributed by atoms with Crippen LogP contribution >= 0.6 is 11.8 Å². The van der Waals surface area contributed by atoms with Gasteiger partial charge < -0.3 is 0 Å². The van der Waals surface area contributed by atoms with E-state index in [-0.39, 0.29) is 11.9 Å². The van der Waals surface area contributed by atoms with Crippen molar-refractivity contribution in [1.29, 1.82) is 0 Å². The Labute approximate surface area is 112 Å². The summed E-state index contributed by atoms with van der Waals surface area (Å²) < 4.78 is 0. The van der Waals surface area contributed by atoms with Crippen LogP contribution in [0, 0.1) is 5.92 Å². The highest BCUT2D eigenvalue weighted by atomic mass is 32.2. The Bertz CT molecular complexity index is 346. The van der Waals surface area contributed by atoms with Crippen molar-refractivity contribution in [2.45, 2.75) is 39.7 Å². The summed E-state index contributed by atoms with van der Waals surface area (Å²) in [6, 6.07) is -0.767.